The first-order valence-electron chi connectivity index (χ1n) is 6.57. The molecule has 0 saturated heterocycles. The average molecular weight is 253 g/mol. The third-order valence-corrected chi connectivity index (χ3v) is 2.76. The zero-order chi connectivity index (χ0) is 13.2. The normalized spacial score (nSPS) is 10.8. The molecule has 0 aliphatic heterocycles. The molecule has 1 heterocycles. The van der Waals surface area contributed by atoms with Crippen molar-refractivity contribution in [2.24, 2.45) is 0 Å². The van der Waals surface area contributed by atoms with Gasteiger partial charge in [-0.25, -0.2) is 0 Å². The highest BCUT2D eigenvalue weighted by Gasteiger charge is 2.03. The zero-order valence-corrected chi connectivity index (χ0v) is 11.4. The number of rotatable bonds is 9. The van der Waals surface area contributed by atoms with Crippen molar-refractivity contribution in [2.45, 2.75) is 39.2 Å². The maximum atomic E-state index is 11.1. The summed E-state index contributed by atoms with van der Waals surface area (Å²) in [5, 5.41) is 0. The minimum absolute atomic E-state index is 0.0794. The van der Waals surface area contributed by atoms with Gasteiger partial charge in [0.15, 0.2) is 0 Å². The number of nitrogens with zero attached hydrogens (tertiary/aromatic N) is 1. The highest BCUT2D eigenvalue weighted by Crippen LogP contribution is 2.06. The van der Waals surface area contributed by atoms with Gasteiger partial charge in [0.1, 0.15) is 0 Å². The van der Waals surface area contributed by atoms with Crippen LogP contribution in [0.5, 0.6) is 0 Å². The second kappa shape index (κ2) is 8.75. The van der Waals surface area contributed by atoms with E-state index in [4.69, 9.17) is 9.15 Å². The average Bonchev–Trinajstić information content (AvgIpc) is 2.81. The first-order chi connectivity index (χ1) is 8.72. The number of hydrogen-bond donors (Lipinski definition) is 0. The van der Waals surface area contributed by atoms with Gasteiger partial charge in [0.25, 0.3) is 0 Å². The van der Waals surface area contributed by atoms with Gasteiger partial charge in [-0.05, 0) is 39.4 Å². The molecule has 0 amide bonds. The summed E-state index contributed by atoms with van der Waals surface area (Å²) in [5.41, 5.74) is 1.20. The standard InChI is InChI=1S/C14H23NO3/c1-3-18-14(16)7-5-4-6-9-15(2)11-13-8-10-17-12-13/h8,10,12H,3-7,9,11H2,1-2H3. The molecule has 0 aliphatic rings. The molecule has 0 spiro atoms. The summed E-state index contributed by atoms with van der Waals surface area (Å²) >= 11 is 0. The van der Waals surface area contributed by atoms with E-state index in [1.54, 1.807) is 12.5 Å². The number of ether oxygens (including phenoxy) is 1. The minimum Gasteiger partial charge on any atom is -0.472 e. The van der Waals surface area contributed by atoms with Crippen molar-refractivity contribution >= 4 is 5.97 Å². The minimum atomic E-state index is -0.0794. The number of esters is 1. The summed E-state index contributed by atoms with van der Waals surface area (Å²) in [5.74, 6) is -0.0794. The molecule has 0 unspecified atom stereocenters. The molecule has 0 saturated carbocycles. The molecule has 102 valence electrons. The SMILES string of the molecule is CCOC(=O)CCCCCN(C)Cc1ccoc1. The van der Waals surface area contributed by atoms with E-state index >= 15 is 0 Å². The van der Waals surface area contributed by atoms with Crippen LogP contribution in [0.2, 0.25) is 0 Å². The van der Waals surface area contributed by atoms with Crippen molar-refractivity contribution in [3.63, 3.8) is 0 Å². The van der Waals surface area contributed by atoms with Crippen molar-refractivity contribution in [3.05, 3.63) is 24.2 Å². The lowest BCUT2D eigenvalue weighted by Gasteiger charge is -2.15. The number of carbonyl (C=O) groups is 1. The van der Waals surface area contributed by atoms with Gasteiger partial charge < -0.3 is 14.1 Å². The predicted molar refractivity (Wildman–Crippen MR) is 70.1 cm³/mol. The Labute approximate surface area is 109 Å². The Morgan fingerprint density at radius 2 is 2.22 bits per heavy atom. The topological polar surface area (TPSA) is 42.7 Å². The van der Waals surface area contributed by atoms with Crippen LogP contribution < -0.4 is 0 Å². The molecule has 4 heteroatoms. The predicted octanol–water partition coefficient (Wildman–Crippen LogP) is 2.83. The fourth-order valence-corrected chi connectivity index (χ4v) is 1.83. The molecule has 1 aromatic rings. The van der Waals surface area contributed by atoms with Gasteiger partial charge in [-0.15, -0.1) is 0 Å². The highest BCUT2D eigenvalue weighted by molar-refractivity contribution is 5.69. The van der Waals surface area contributed by atoms with Crippen molar-refractivity contribution in [1.29, 1.82) is 0 Å². The zero-order valence-electron chi connectivity index (χ0n) is 11.4. The van der Waals surface area contributed by atoms with Gasteiger partial charge in [0.05, 0.1) is 19.1 Å². The monoisotopic (exact) mass is 253 g/mol. The molecule has 0 atom stereocenters. The summed E-state index contributed by atoms with van der Waals surface area (Å²) in [7, 11) is 2.10. The van der Waals surface area contributed by atoms with E-state index in [1.165, 1.54) is 5.56 Å². The lowest BCUT2D eigenvalue weighted by atomic mass is 10.2. The highest BCUT2D eigenvalue weighted by atomic mass is 16.5. The van der Waals surface area contributed by atoms with E-state index in [1.807, 2.05) is 13.0 Å². The number of carbonyl (C=O) groups excluding carboxylic acids is 1. The number of unbranched alkanes of at least 4 members (excludes halogenated alkanes) is 2. The Bertz CT molecular complexity index is 322. The molecule has 0 radical (unpaired) electrons. The van der Waals surface area contributed by atoms with E-state index in [2.05, 4.69) is 11.9 Å². The van der Waals surface area contributed by atoms with Gasteiger partial charge in [0, 0.05) is 18.5 Å². The fraction of sp³-hybridized carbons (Fsp3) is 0.643. The summed E-state index contributed by atoms with van der Waals surface area (Å²) < 4.78 is 9.91. The van der Waals surface area contributed by atoms with E-state index in [9.17, 15) is 4.79 Å². The Hall–Kier alpha value is -1.29. The number of furan rings is 1. The lowest BCUT2D eigenvalue weighted by molar-refractivity contribution is -0.143. The smallest absolute Gasteiger partial charge is 0.305 e. The first-order valence-corrected chi connectivity index (χ1v) is 6.57. The van der Waals surface area contributed by atoms with Crippen LogP contribution in [0.15, 0.2) is 23.0 Å². The molecule has 0 bridgehead atoms. The second-order valence-corrected chi connectivity index (χ2v) is 4.49. The van der Waals surface area contributed by atoms with Crippen LogP contribution in [-0.4, -0.2) is 31.1 Å². The molecule has 4 nitrogen and oxygen atoms in total. The molecule has 18 heavy (non-hydrogen) atoms. The summed E-state index contributed by atoms with van der Waals surface area (Å²) in [6, 6.07) is 1.98. The van der Waals surface area contributed by atoms with Crippen LogP contribution in [0.3, 0.4) is 0 Å². The van der Waals surface area contributed by atoms with Gasteiger partial charge in [-0.2, -0.15) is 0 Å². The van der Waals surface area contributed by atoms with Crippen molar-refractivity contribution in [2.75, 3.05) is 20.2 Å². The number of hydrogen-bond acceptors (Lipinski definition) is 4. The van der Waals surface area contributed by atoms with Crippen LogP contribution in [0.25, 0.3) is 0 Å². The van der Waals surface area contributed by atoms with Gasteiger partial charge in [-0.3, -0.25) is 4.79 Å². The summed E-state index contributed by atoms with van der Waals surface area (Å²) in [6.45, 7) is 4.26. The largest absolute Gasteiger partial charge is 0.472 e. The van der Waals surface area contributed by atoms with Gasteiger partial charge >= 0.3 is 5.97 Å². The fourth-order valence-electron chi connectivity index (χ4n) is 1.83. The molecular weight excluding hydrogens is 230 g/mol. The summed E-state index contributed by atoms with van der Waals surface area (Å²) in [4.78, 5) is 13.4. The van der Waals surface area contributed by atoms with E-state index in [0.29, 0.717) is 13.0 Å². The maximum absolute atomic E-state index is 11.1. The van der Waals surface area contributed by atoms with E-state index in [-0.39, 0.29) is 5.97 Å². The van der Waals surface area contributed by atoms with E-state index in [0.717, 1.165) is 32.4 Å². The van der Waals surface area contributed by atoms with Crippen molar-refractivity contribution < 1.29 is 13.9 Å². The van der Waals surface area contributed by atoms with Crippen molar-refractivity contribution in [1.82, 2.24) is 4.90 Å². The molecule has 1 rings (SSSR count). The van der Waals surface area contributed by atoms with Crippen molar-refractivity contribution in [3.8, 4) is 0 Å². The van der Waals surface area contributed by atoms with Crippen LogP contribution in [-0.2, 0) is 16.1 Å². The third kappa shape index (κ3) is 6.45. The van der Waals surface area contributed by atoms with Gasteiger partial charge in [-0.1, -0.05) is 6.42 Å². The molecular formula is C14H23NO3. The first kappa shape index (κ1) is 14.8. The Balaban J connectivity index is 1.99. The van der Waals surface area contributed by atoms with Crippen LogP contribution in [0.1, 0.15) is 38.2 Å². The third-order valence-electron chi connectivity index (χ3n) is 2.76. The lowest BCUT2D eigenvalue weighted by Crippen LogP contribution is -2.18. The van der Waals surface area contributed by atoms with Crippen LogP contribution in [0.4, 0.5) is 0 Å². The quantitative estimate of drug-likeness (QED) is 0.501. The molecule has 0 fully saturated rings. The molecule has 0 aliphatic carbocycles. The van der Waals surface area contributed by atoms with Crippen LogP contribution in [0, 0.1) is 0 Å². The molecule has 1 aromatic heterocycles. The Morgan fingerprint density at radius 3 is 2.89 bits per heavy atom. The maximum Gasteiger partial charge on any atom is 0.305 e. The summed E-state index contributed by atoms with van der Waals surface area (Å²) in [6.07, 6.45) is 7.10. The van der Waals surface area contributed by atoms with Gasteiger partial charge in [0.2, 0.25) is 0 Å². The Morgan fingerprint density at radius 1 is 1.39 bits per heavy atom. The second-order valence-electron chi connectivity index (χ2n) is 4.49. The van der Waals surface area contributed by atoms with Crippen LogP contribution >= 0.6 is 0 Å². The Kier molecular flexibility index (Phi) is 7.18. The van der Waals surface area contributed by atoms with E-state index < -0.39 is 0 Å². The molecule has 0 N–H and O–H groups in total. The molecule has 0 aromatic carbocycles.